The van der Waals surface area contributed by atoms with E-state index in [1.807, 2.05) is 0 Å². The summed E-state index contributed by atoms with van der Waals surface area (Å²) in [6.45, 7) is 0. The predicted octanol–water partition coefficient (Wildman–Crippen LogP) is 1.74. The van der Waals surface area contributed by atoms with E-state index in [4.69, 9.17) is 4.42 Å². The van der Waals surface area contributed by atoms with Gasteiger partial charge < -0.3 is 4.42 Å². The second kappa shape index (κ2) is 8.67. The fourth-order valence-electron chi connectivity index (χ4n) is 2.60. The van der Waals surface area contributed by atoms with Crippen molar-refractivity contribution in [2.24, 2.45) is 0 Å². The number of benzene rings is 2. The highest BCUT2D eigenvalue weighted by atomic mass is 17.0. The first-order chi connectivity index (χ1) is 15.5. The first-order valence-corrected chi connectivity index (χ1v) is 8.10. The second-order valence-electron chi connectivity index (χ2n) is 5.67. The van der Waals surface area contributed by atoms with E-state index in [9.17, 15) is 45.3 Å². The van der Waals surface area contributed by atoms with Crippen molar-refractivity contribution < 1.29 is 44.1 Å². The zero-order chi connectivity index (χ0) is 24.3. The molecule has 0 aliphatic carbocycles. The van der Waals surface area contributed by atoms with Crippen LogP contribution in [0.15, 0.2) is 45.6 Å². The molecule has 0 aliphatic heterocycles. The zero-order valence-electron chi connectivity index (χ0n) is 15.5. The molecule has 2 aromatic carbocycles. The minimum absolute atomic E-state index is 0.290. The van der Waals surface area contributed by atoms with Crippen LogP contribution < -0.4 is 24.8 Å². The Morgan fingerprint density at radius 1 is 0.697 bits per heavy atom. The van der Waals surface area contributed by atoms with Crippen LogP contribution in [0.3, 0.4) is 0 Å². The molecule has 0 N–H and O–H groups in total. The van der Waals surface area contributed by atoms with Crippen LogP contribution in [0, 0.1) is 40.5 Å². The van der Waals surface area contributed by atoms with Gasteiger partial charge in [-0.2, -0.15) is 0 Å². The molecule has 33 heavy (non-hydrogen) atoms. The fraction of sp³-hybridized carbons (Fsp3) is 0. The van der Waals surface area contributed by atoms with Gasteiger partial charge in [-0.1, -0.05) is 0 Å². The monoisotopic (exact) mass is 466 g/mol. The molecule has 0 amide bonds. The van der Waals surface area contributed by atoms with Gasteiger partial charge in [0.05, 0.1) is 5.39 Å². The molecular weight excluding hydrogens is 460 g/mol. The highest BCUT2D eigenvalue weighted by Crippen LogP contribution is 2.37. The lowest BCUT2D eigenvalue weighted by Gasteiger charge is -2.11. The third-order valence-corrected chi connectivity index (χ3v) is 3.72. The predicted molar refractivity (Wildman–Crippen MR) is 98.4 cm³/mol. The van der Waals surface area contributed by atoms with Crippen molar-refractivity contribution in [2.45, 2.75) is 0 Å². The van der Waals surface area contributed by atoms with Crippen molar-refractivity contribution in [3.63, 3.8) is 0 Å². The summed E-state index contributed by atoms with van der Waals surface area (Å²) in [5.41, 5.74) is -1.73. The summed E-state index contributed by atoms with van der Waals surface area (Å²) in [6, 6.07) is 5.52. The Kier molecular flexibility index (Phi) is 5.82. The summed E-state index contributed by atoms with van der Waals surface area (Å²) in [6.07, 6.45) is 0. The molecule has 0 saturated heterocycles. The molecule has 18 nitrogen and oxygen atoms in total. The van der Waals surface area contributed by atoms with Gasteiger partial charge in [-0.15, -0.1) is 40.5 Å². The Bertz CT molecular complexity index is 1370. The molecule has 170 valence electrons. The summed E-state index contributed by atoms with van der Waals surface area (Å²) in [4.78, 5) is 72.4. The molecule has 0 radical (unpaired) electrons. The van der Waals surface area contributed by atoms with Gasteiger partial charge in [0.1, 0.15) is 11.3 Å². The maximum Gasteiger partial charge on any atom is 0.300 e. The first-order valence-electron chi connectivity index (χ1n) is 8.10. The van der Waals surface area contributed by atoms with Gasteiger partial charge in [-0.05, 0) is 30.3 Å². The van der Waals surface area contributed by atoms with Gasteiger partial charge in [0.2, 0.25) is 11.2 Å². The molecule has 1 heterocycles. The molecule has 1 aromatic heterocycles. The van der Waals surface area contributed by atoms with Crippen molar-refractivity contribution in [1.29, 1.82) is 0 Å². The molecule has 18 heteroatoms. The normalized spacial score (nSPS) is 10.3. The Morgan fingerprint density at radius 2 is 1.30 bits per heavy atom. The Morgan fingerprint density at radius 3 is 1.91 bits per heavy atom. The molecule has 0 fully saturated rings. The van der Waals surface area contributed by atoms with Gasteiger partial charge in [0.15, 0.2) is 17.3 Å². The van der Waals surface area contributed by atoms with Gasteiger partial charge in [0, 0.05) is 11.6 Å². The lowest BCUT2D eigenvalue weighted by Crippen LogP contribution is -2.15. The third kappa shape index (κ3) is 4.96. The number of hydrogen-bond donors (Lipinski definition) is 0. The van der Waals surface area contributed by atoms with E-state index in [0.29, 0.717) is 0 Å². The zero-order valence-corrected chi connectivity index (χ0v) is 15.5. The maximum absolute atomic E-state index is 12.7. The lowest BCUT2D eigenvalue weighted by molar-refractivity contribution is -0.721. The molecule has 0 atom stereocenters. The summed E-state index contributed by atoms with van der Waals surface area (Å²) in [5, 5.41) is 37.4. The van der Waals surface area contributed by atoms with Crippen LogP contribution >= 0.6 is 0 Å². The highest BCUT2D eigenvalue weighted by Gasteiger charge is 2.22. The van der Waals surface area contributed by atoms with Crippen molar-refractivity contribution in [3.05, 3.63) is 87.1 Å². The van der Waals surface area contributed by atoms with Crippen molar-refractivity contribution in [1.82, 2.24) is 0 Å². The molecule has 0 aliphatic rings. The van der Waals surface area contributed by atoms with Gasteiger partial charge in [-0.3, -0.25) is 24.1 Å². The largest absolute Gasteiger partial charge is 0.453 e. The first kappa shape index (κ1) is 22.1. The molecule has 3 aromatic rings. The minimum atomic E-state index is -1.33. The van der Waals surface area contributed by atoms with E-state index < -0.39 is 48.8 Å². The van der Waals surface area contributed by atoms with Gasteiger partial charge in [-0.25, -0.2) is 0 Å². The quantitative estimate of drug-likeness (QED) is 0.322. The van der Waals surface area contributed by atoms with E-state index in [-0.39, 0.29) is 22.3 Å². The summed E-state index contributed by atoms with van der Waals surface area (Å²) in [5.74, 6) is -3.54. The average molecular weight is 466 g/mol. The SMILES string of the molecule is O=c1c(O[N+](=O)[O-])c(-c2ccc(O[N+](=O)[O-])c(O[N+](=O)[O-])c2)oc2cc(O[N+](=O)[O-])ccc12. The van der Waals surface area contributed by atoms with Crippen LogP contribution in [-0.2, 0) is 0 Å². The summed E-state index contributed by atoms with van der Waals surface area (Å²) in [7, 11) is 0. The second-order valence-corrected chi connectivity index (χ2v) is 5.67. The van der Waals surface area contributed by atoms with Crippen molar-refractivity contribution in [2.75, 3.05) is 0 Å². The van der Waals surface area contributed by atoms with E-state index in [1.165, 1.54) is 0 Å². The number of hydrogen-bond acceptors (Lipinski definition) is 14. The standard InChI is InChI=1S/C15H6N4O14/c20-13-9-3-2-8(30-16(21)22)6-11(9)29-14(15(13)33-19(27)28)7-1-4-10(31-17(23)24)12(5-7)32-18(25)26/h1-6H. The van der Waals surface area contributed by atoms with Crippen molar-refractivity contribution >= 4 is 11.0 Å². The Balaban J connectivity index is 2.27. The Labute approximate surface area is 177 Å². The number of rotatable bonds is 9. The molecule has 0 spiro atoms. The van der Waals surface area contributed by atoms with Crippen LogP contribution in [-0.4, -0.2) is 20.3 Å². The molecular formula is C15H6N4O14. The van der Waals surface area contributed by atoms with Crippen molar-refractivity contribution in [3.8, 4) is 34.3 Å². The maximum atomic E-state index is 12.7. The Hall–Kier alpha value is -5.55. The molecule has 0 unspecified atom stereocenters. The van der Waals surface area contributed by atoms with Crippen LogP contribution in [0.25, 0.3) is 22.3 Å². The lowest BCUT2D eigenvalue weighted by atomic mass is 10.1. The average Bonchev–Trinajstić information content (AvgIpc) is 2.69. The summed E-state index contributed by atoms with van der Waals surface area (Å²) < 4.78 is 5.43. The topological polar surface area (TPSA) is 240 Å². The summed E-state index contributed by atoms with van der Waals surface area (Å²) >= 11 is 0. The third-order valence-electron chi connectivity index (χ3n) is 3.72. The van der Waals surface area contributed by atoms with Crippen LogP contribution in [0.1, 0.15) is 0 Å². The minimum Gasteiger partial charge on any atom is -0.453 e. The van der Waals surface area contributed by atoms with E-state index >= 15 is 0 Å². The van der Waals surface area contributed by atoms with Gasteiger partial charge >= 0.3 is 0 Å². The van der Waals surface area contributed by atoms with Crippen LogP contribution in [0.2, 0.25) is 0 Å². The molecule has 3 rings (SSSR count). The van der Waals surface area contributed by atoms with Crippen LogP contribution in [0.4, 0.5) is 0 Å². The molecule has 0 saturated carbocycles. The van der Waals surface area contributed by atoms with E-state index in [1.54, 1.807) is 0 Å². The number of fused-ring (bicyclic) bond motifs is 1. The van der Waals surface area contributed by atoms with Crippen LogP contribution in [0.5, 0.6) is 23.0 Å². The smallest absolute Gasteiger partial charge is 0.300 e. The van der Waals surface area contributed by atoms with E-state index in [0.717, 1.165) is 36.4 Å². The number of nitrogens with zero attached hydrogens (tertiary/aromatic N) is 4. The van der Waals surface area contributed by atoms with E-state index in [2.05, 4.69) is 19.4 Å². The molecule has 0 bridgehead atoms. The fourth-order valence-corrected chi connectivity index (χ4v) is 2.60. The highest BCUT2D eigenvalue weighted by molar-refractivity contribution is 5.83. The van der Waals surface area contributed by atoms with Gasteiger partial charge in [0.25, 0.3) is 20.3 Å².